The minimum absolute atomic E-state index is 0. The highest BCUT2D eigenvalue weighted by Crippen LogP contribution is 2.25. The van der Waals surface area contributed by atoms with E-state index < -0.39 is 5.97 Å². The van der Waals surface area contributed by atoms with Crippen LogP contribution < -0.4 is 18.1 Å². The molecule has 2 rings (SSSR count). The molecule has 2 aromatic rings. The van der Waals surface area contributed by atoms with E-state index in [4.69, 9.17) is 10.8 Å². The Hall–Kier alpha value is -1.02. The normalized spacial score (nSPS) is 9.94. The quantitative estimate of drug-likeness (QED) is 0.713. The molecule has 0 radical (unpaired) electrons. The number of nitrogens with two attached hydrogens (primary N) is 1. The third-order valence-electron chi connectivity index (χ3n) is 1.85. The van der Waals surface area contributed by atoms with Gasteiger partial charge in [0, 0.05) is 17.2 Å². The molecule has 2 aromatic heterocycles. The predicted octanol–water partition coefficient (Wildman–Crippen LogP) is -1.53. The summed E-state index contributed by atoms with van der Waals surface area (Å²) in [5.41, 5.74) is 6.22. The average molecular weight is 291 g/mol. The van der Waals surface area contributed by atoms with E-state index in [0.717, 1.165) is 17.1 Å². The zero-order valence-electron chi connectivity index (χ0n) is 8.59. The number of carboxylic acids is 1. The lowest BCUT2D eigenvalue weighted by atomic mass is 10.4. The van der Waals surface area contributed by atoms with Crippen molar-refractivity contribution in [1.29, 1.82) is 0 Å². The second-order valence-electron chi connectivity index (χ2n) is 3.01. The van der Waals surface area contributed by atoms with Crippen LogP contribution in [-0.2, 0) is 6.42 Å². The van der Waals surface area contributed by atoms with Gasteiger partial charge in [-0.25, -0.2) is 14.8 Å². The topological polar surface area (TPSA) is 89.1 Å². The smallest absolute Gasteiger partial charge is 0.355 e. The van der Waals surface area contributed by atoms with E-state index in [0.29, 0.717) is 11.6 Å². The molecule has 0 atom stereocenters. The Balaban J connectivity index is 0.00000144. The van der Waals surface area contributed by atoms with Crippen LogP contribution in [0.5, 0.6) is 0 Å². The van der Waals surface area contributed by atoms with Crippen LogP contribution in [0.3, 0.4) is 0 Å². The van der Waals surface area contributed by atoms with Crippen molar-refractivity contribution >= 4 is 28.6 Å². The van der Waals surface area contributed by atoms with Crippen molar-refractivity contribution in [3.05, 3.63) is 21.5 Å². The highest BCUT2D eigenvalue weighted by molar-refractivity contribution is 7.14. The Morgan fingerprint density at radius 3 is 2.71 bits per heavy atom. The van der Waals surface area contributed by atoms with E-state index in [-0.39, 0.29) is 18.1 Å². The number of halogens is 1. The number of carboxylic acid groups (broad SMARTS) is 1. The first-order valence-electron chi connectivity index (χ1n) is 4.54. The van der Waals surface area contributed by atoms with Gasteiger partial charge in [0.2, 0.25) is 0 Å². The number of aromatic nitrogens is 2. The fourth-order valence-electron chi connectivity index (χ4n) is 1.14. The molecule has 8 heteroatoms. The largest absolute Gasteiger partial charge is 1.00 e. The number of hydrogen-bond donors (Lipinski definition) is 2. The molecule has 3 N–H and O–H groups in total. The first kappa shape index (κ1) is 14.0. The van der Waals surface area contributed by atoms with E-state index in [2.05, 4.69) is 9.97 Å². The molecular formula is C9H9ClN3O2S2-. The van der Waals surface area contributed by atoms with Gasteiger partial charge >= 0.3 is 5.97 Å². The van der Waals surface area contributed by atoms with Gasteiger partial charge in [-0.15, -0.1) is 22.7 Å². The molecule has 0 fully saturated rings. The fourth-order valence-corrected chi connectivity index (χ4v) is 2.76. The van der Waals surface area contributed by atoms with E-state index >= 15 is 0 Å². The summed E-state index contributed by atoms with van der Waals surface area (Å²) in [5, 5.41) is 13.7. The first-order chi connectivity index (χ1) is 7.70. The molecule has 0 bridgehead atoms. The van der Waals surface area contributed by atoms with Crippen molar-refractivity contribution in [3.8, 4) is 10.7 Å². The molecule has 0 saturated heterocycles. The number of thiazole rings is 2. The monoisotopic (exact) mass is 290 g/mol. The second-order valence-corrected chi connectivity index (χ2v) is 4.81. The van der Waals surface area contributed by atoms with Crippen LogP contribution in [-0.4, -0.2) is 27.6 Å². The third-order valence-corrected chi connectivity index (χ3v) is 3.63. The van der Waals surface area contributed by atoms with Crippen molar-refractivity contribution in [2.24, 2.45) is 5.73 Å². The van der Waals surface area contributed by atoms with Gasteiger partial charge < -0.3 is 23.2 Å². The summed E-state index contributed by atoms with van der Waals surface area (Å²) in [4.78, 5) is 19.0. The van der Waals surface area contributed by atoms with E-state index in [1.807, 2.05) is 5.38 Å². The fraction of sp³-hybridized carbons (Fsp3) is 0.222. The SMILES string of the molecule is NCCc1nc(-c2nc(C(=O)O)cs2)cs1.[Cl-]. The third kappa shape index (κ3) is 3.22. The van der Waals surface area contributed by atoms with Gasteiger partial charge in [0.05, 0.1) is 5.01 Å². The zero-order valence-corrected chi connectivity index (χ0v) is 11.0. The van der Waals surface area contributed by atoms with E-state index in [1.165, 1.54) is 28.1 Å². The van der Waals surface area contributed by atoms with Crippen molar-refractivity contribution in [3.63, 3.8) is 0 Å². The standard InChI is InChI=1S/C9H9N3O2S2.ClH/c10-2-1-7-11-5(3-15-7)8-12-6(4-16-8)9(13)14;/h3-4H,1-2,10H2,(H,13,14);1H/p-1. The van der Waals surface area contributed by atoms with E-state index in [9.17, 15) is 4.79 Å². The maximum absolute atomic E-state index is 10.7. The van der Waals surface area contributed by atoms with Gasteiger partial charge in [0.25, 0.3) is 0 Å². The highest BCUT2D eigenvalue weighted by atomic mass is 35.5. The summed E-state index contributed by atoms with van der Waals surface area (Å²) in [7, 11) is 0. The maximum Gasteiger partial charge on any atom is 0.355 e. The number of aromatic carboxylic acids is 1. The molecule has 17 heavy (non-hydrogen) atoms. The summed E-state index contributed by atoms with van der Waals surface area (Å²) in [6.45, 7) is 0.561. The van der Waals surface area contributed by atoms with Crippen LogP contribution in [0.25, 0.3) is 10.7 Å². The van der Waals surface area contributed by atoms with Gasteiger partial charge in [-0.05, 0) is 6.54 Å². The van der Waals surface area contributed by atoms with Gasteiger partial charge in [0.15, 0.2) is 5.69 Å². The van der Waals surface area contributed by atoms with Crippen molar-refractivity contribution < 1.29 is 22.3 Å². The van der Waals surface area contributed by atoms with Crippen LogP contribution in [0.4, 0.5) is 0 Å². The molecule has 0 aliphatic rings. The number of nitrogens with zero attached hydrogens (tertiary/aromatic N) is 2. The maximum atomic E-state index is 10.7. The molecule has 0 unspecified atom stereocenters. The van der Waals surface area contributed by atoms with Gasteiger partial charge in [-0.2, -0.15) is 0 Å². The molecule has 0 aliphatic heterocycles. The molecule has 0 spiro atoms. The van der Waals surface area contributed by atoms with Crippen molar-refractivity contribution in [1.82, 2.24) is 9.97 Å². The number of hydrogen-bond acceptors (Lipinski definition) is 6. The number of carbonyl (C=O) groups is 1. The Labute approximate surface area is 112 Å². The number of rotatable bonds is 4. The second kappa shape index (κ2) is 6.06. The first-order valence-corrected chi connectivity index (χ1v) is 6.30. The zero-order chi connectivity index (χ0) is 11.5. The molecular weight excluding hydrogens is 282 g/mol. The van der Waals surface area contributed by atoms with Gasteiger partial charge in [-0.1, -0.05) is 0 Å². The molecule has 2 heterocycles. The Morgan fingerprint density at radius 1 is 1.35 bits per heavy atom. The highest BCUT2D eigenvalue weighted by Gasteiger charge is 2.12. The molecule has 0 aromatic carbocycles. The molecule has 92 valence electrons. The summed E-state index contributed by atoms with van der Waals surface area (Å²) >= 11 is 2.80. The predicted molar refractivity (Wildman–Crippen MR) is 62.9 cm³/mol. The van der Waals surface area contributed by atoms with Crippen LogP contribution >= 0.6 is 22.7 Å². The Bertz CT molecular complexity index is 512. The van der Waals surface area contributed by atoms with Crippen LogP contribution in [0.2, 0.25) is 0 Å². The summed E-state index contributed by atoms with van der Waals surface area (Å²) in [6, 6.07) is 0. The van der Waals surface area contributed by atoms with Crippen molar-refractivity contribution in [2.75, 3.05) is 6.54 Å². The molecule has 0 saturated carbocycles. The summed E-state index contributed by atoms with van der Waals surface area (Å²) < 4.78 is 0. The lowest BCUT2D eigenvalue weighted by molar-refractivity contribution is -0.0000187. The Kier molecular flexibility index (Phi) is 5.01. The van der Waals surface area contributed by atoms with Crippen LogP contribution in [0, 0.1) is 0 Å². The molecule has 0 aliphatic carbocycles. The lowest BCUT2D eigenvalue weighted by Crippen LogP contribution is -3.00. The van der Waals surface area contributed by atoms with E-state index in [1.54, 1.807) is 0 Å². The minimum Gasteiger partial charge on any atom is -1.00 e. The lowest BCUT2D eigenvalue weighted by Gasteiger charge is -1.89. The van der Waals surface area contributed by atoms with Crippen molar-refractivity contribution in [2.45, 2.75) is 6.42 Å². The molecule has 5 nitrogen and oxygen atoms in total. The molecule has 0 amide bonds. The van der Waals surface area contributed by atoms with Crippen LogP contribution in [0.15, 0.2) is 10.8 Å². The van der Waals surface area contributed by atoms with Gasteiger partial charge in [-0.3, -0.25) is 0 Å². The average Bonchev–Trinajstić information content (AvgIpc) is 2.84. The minimum atomic E-state index is -1.01. The Morgan fingerprint density at radius 2 is 2.12 bits per heavy atom. The summed E-state index contributed by atoms with van der Waals surface area (Å²) in [6.07, 6.45) is 0.738. The summed E-state index contributed by atoms with van der Waals surface area (Å²) in [5.74, 6) is -1.01. The van der Waals surface area contributed by atoms with Crippen LogP contribution in [0.1, 0.15) is 15.5 Å². The van der Waals surface area contributed by atoms with Gasteiger partial charge in [0.1, 0.15) is 10.7 Å².